The van der Waals surface area contributed by atoms with Gasteiger partial charge in [0, 0.05) is 6.26 Å². The standard InChI is InChI=1S/C14H13FN2O3S/c1-9-3-5-11(12(15)7-9)14(18)17-10-4-6-13(16-8-10)21(2,19)20/h3-8H,1-2H3,(H,17,18). The third-order valence-electron chi connectivity index (χ3n) is 2.74. The van der Waals surface area contributed by atoms with Crippen molar-refractivity contribution in [2.75, 3.05) is 11.6 Å². The minimum Gasteiger partial charge on any atom is -0.320 e. The molecule has 1 aromatic heterocycles. The molecule has 0 radical (unpaired) electrons. The number of benzene rings is 1. The summed E-state index contributed by atoms with van der Waals surface area (Å²) in [6, 6.07) is 6.95. The molecule has 0 saturated heterocycles. The third kappa shape index (κ3) is 3.63. The van der Waals surface area contributed by atoms with Crippen LogP contribution in [0, 0.1) is 12.7 Å². The van der Waals surface area contributed by atoms with Crippen LogP contribution in [0.25, 0.3) is 0 Å². The largest absolute Gasteiger partial charge is 0.320 e. The number of anilines is 1. The van der Waals surface area contributed by atoms with Crippen molar-refractivity contribution in [2.45, 2.75) is 11.9 Å². The lowest BCUT2D eigenvalue weighted by atomic mass is 10.1. The molecule has 0 aliphatic carbocycles. The van der Waals surface area contributed by atoms with Crippen molar-refractivity contribution in [3.63, 3.8) is 0 Å². The maximum Gasteiger partial charge on any atom is 0.258 e. The zero-order chi connectivity index (χ0) is 15.6. The van der Waals surface area contributed by atoms with E-state index < -0.39 is 21.6 Å². The average molecular weight is 308 g/mol. The molecule has 0 aliphatic rings. The van der Waals surface area contributed by atoms with Crippen molar-refractivity contribution in [1.29, 1.82) is 0 Å². The fraction of sp³-hybridized carbons (Fsp3) is 0.143. The molecule has 0 atom stereocenters. The molecule has 1 amide bonds. The molecule has 1 aromatic carbocycles. The Bertz CT molecular complexity index is 786. The Hall–Kier alpha value is -2.28. The summed E-state index contributed by atoms with van der Waals surface area (Å²) in [7, 11) is -3.40. The van der Waals surface area contributed by atoms with E-state index in [1.54, 1.807) is 13.0 Å². The minimum absolute atomic E-state index is 0.0900. The van der Waals surface area contributed by atoms with Gasteiger partial charge in [0.05, 0.1) is 17.4 Å². The second-order valence-electron chi connectivity index (χ2n) is 4.59. The summed E-state index contributed by atoms with van der Waals surface area (Å²) < 4.78 is 36.2. The smallest absolute Gasteiger partial charge is 0.258 e. The van der Waals surface area contributed by atoms with Gasteiger partial charge < -0.3 is 5.32 Å². The molecule has 1 N–H and O–H groups in total. The fourth-order valence-corrected chi connectivity index (χ4v) is 2.24. The molecule has 5 nitrogen and oxygen atoms in total. The number of hydrogen-bond donors (Lipinski definition) is 1. The zero-order valence-corrected chi connectivity index (χ0v) is 12.2. The van der Waals surface area contributed by atoms with Crippen LogP contribution in [0.2, 0.25) is 0 Å². The molecule has 0 fully saturated rings. The van der Waals surface area contributed by atoms with Gasteiger partial charge in [-0.3, -0.25) is 4.79 Å². The van der Waals surface area contributed by atoms with E-state index in [4.69, 9.17) is 0 Å². The summed E-state index contributed by atoms with van der Waals surface area (Å²) in [5.41, 5.74) is 0.906. The van der Waals surface area contributed by atoms with E-state index >= 15 is 0 Å². The van der Waals surface area contributed by atoms with Crippen molar-refractivity contribution in [3.8, 4) is 0 Å². The van der Waals surface area contributed by atoms with Crippen molar-refractivity contribution in [2.24, 2.45) is 0 Å². The first-order chi connectivity index (χ1) is 9.77. The first kappa shape index (κ1) is 15.1. The second kappa shape index (κ2) is 5.61. The number of carbonyl (C=O) groups is 1. The molecule has 110 valence electrons. The summed E-state index contributed by atoms with van der Waals surface area (Å²) in [5, 5.41) is 2.37. The van der Waals surface area contributed by atoms with Crippen LogP contribution in [0.1, 0.15) is 15.9 Å². The van der Waals surface area contributed by atoms with E-state index in [1.807, 2.05) is 0 Å². The Morgan fingerprint density at radius 2 is 1.95 bits per heavy atom. The Morgan fingerprint density at radius 3 is 2.48 bits per heavy atom. The monoisotopic (exact) mass is 308 g/mol. The summed E-state index contributed by atoms with van der Waals surface area (Å²) >= 11 is 0. The number of hydrogen-bond acceptors (Lipinski definition) is 4. The number of halogens is 1. The van der Waals surface area contributed by atoms with Gasteiger partial charge in [0.1, 0.15) is 5.82 Å². The fourth-order valence-electron chi connectivity index (χ4n) is 1.68. The molecule has 21 heavy (non-hydrogen) atoms. The molecular weight excluding hydrogens is 295 g/mol. The zero-order valence-electron chi connectivity index (χ0n) is 11.4. The Balaban J connectivity index is 2.20. The van der Waals surface area contributed by atoms with Crippen molar-refractivity contribution < 1.29 is 17.6 Å². The number of nitrogens with one attached hydrogen (secondary N) is 1. The molecule has 0 unspecified atom stereocenters. The van der Waals surface area contributed by atoms with Crippen LogP contribution in [0.5, 0.6) is 0 Å². The number of aromatic nitrogens is 1. The number of carbonyl (C=O) groups excluding carboxylic acids is 1. The van der Waals surface area contributed by atoms with Crippen LogP contribution < -0.4 is 5.32 Å². The number of sulfone groups is 1. The van der Waals surface area contributed by atoms with E-state index in [2.05, 4.69) is 10.3 Å². The predicted molar refractivity (Wildman–Crippen MR) is 76.4 cm³/mol. The number of nitrogens with zero attached hydrogens (tertiary/aromatic N) is 1. The summed E-state index contributed by atoms with van der Waals surface area (Å²) in [4.78, 5) is 15.7. The normalized spacial score (nSPS) is 11.2. The molecule has 0 aliphatic heterocycles. The molecule has 1 heterocycles. The molecule has 2 aromatic rings. The van der Waals surface area contributed by atoms with E-state index in [9.17, 15) is 17.6 Å². The second-order valence-corrected chi connectivity index (χ2v) is 6.56. The molecule has 0 bridgehead atoms. The van der Waals surface area contributed by atoms with Crippen LogP contribution in [-0.4, -0.2) is 25.6 Å². The van der Waals surface area contributed by atoms with Gasteiger partial charge in [0.25, 0.3) is 5.91 Å². The number of pyridine rings is 1. The van der Waals surface area contributed by atoms with Gasteiger partial charge in [0.15, 0.2) is 14.9 Å². The quantitative estimate of drug-likeness (QED) is 0.943. The van der Waals surface area contributed by atoms with Gasteiger partial charge in [-0.25, -0.2) is 17.8 Å². The van der Waals surface area contributed by atoms with Crippen LogP contribution in [0.15, 0.2) is 41.6 Å². The number of amides is 1. The van der Waals surface area contributed by atoms with Crippen molar-refractivity contribution in [1.82, 2.24) is 4.98 Å². The van der Waals surface area contributed by atoms with E-state index in [1.165, 1.54) is 30.5 Å². The Kier molecular flexibility index (Phi) is 4.04. The van der Waals surface area contributed by atoms with Gasteiger partial charge in [-0.15, -0.1) is 0 Å². The van der Waals surface area contributed by atoms with Crippen LogP contribution in [-0.2, 0) is 9.84 Å². The molecular formula is C14H13FN2O3S. The molecule has 2 rings (SSSR count). The lowest BCUT2D eigenvalue weighted by molar-refractivity contribution is 0.102. The van der Waals surface area contributed by atoms with Crippen LogP contribution >= 0.6 is 0 Å². The van der Waals surface area contributed by atoms with E-state index in [0.29, 0.717) is 5.56 Å². The Morgan fingerprint density at radius 1 is 1.24 bits per heavy atom. The van der Waals surface area contributed by atoms with E-state index in [-0.39, 0.29) is 16.3 Å². The average Bonchev–Trinajstić information content (AvgIpc) is 2.38. The minimum atomic E-state index is -3.40. The first-order valence-electron chi connectivity index (χ1n) is 6.01. The highest BCUT2D eigenvalue weighted by Crippen LogP contribution is 2.14. The van der Waals surface area contributed by atoms with Gasteiger partial charge in [-0.1, -0.05) is 6.07 Å². The van der Waals surface area contributed by atoms with Gasteiger partial charge >= 0.3 is 0 Å². The number of aryl methyl sites for hydroxylation is 1. The van der Waals surface area contributed by atoms with E-state index in [0.717, 1.165) is 6.26 Å². The lowest BCUT2D eigenvalue weighted by Crippen LogP contribution is -2.14. The number of rotatable bonds is 3. The van der Waals surface area contributed by atoms with Crippen LogP contribution in [0.4, 0.5) is 10.1 Å². The summed E-state index contributed by atoms with van der Waals surface area (Å²) in [5.74, 6) is -1.24. The summed E-state index contributed by atoms with van der Waals surface area (Å²) in [6.45, 7) is 1.72. The first-order valence-corrected chi connectivity index (χ1v) is 7.90. The topological polar surface area (TPSA) is 76.1 Å². The molecule has 7 heteroatoms. The maximum absolute atomic E-state index is 13.7. The predicted octanol–water partition coefficient (Wildman–Crippen LogP) is 2.18. The molecule has 0 spiro atoms. The summed E-state index contributed by atoms with van der Waals surface area (Å²) in [6.07, 6.45) is 2.25. The van der Waals surface area contributed by atoms with Crippen molar-refractivity contribution in [3.05, 3.63) is 53.5 Å². The van der Waals surface area contributed by atoms with Gasteiger partial charge in [-0.2, -0.15) is 0 Å². The maximum atomic E-state index is 13.7. The molecule has 0 saturated carbocycles. The Labute approximate surface area is 121 Å². The highest BCUT2D eigenvalue weighted by atomic mass is 32.2. The highest BCUT2D eigenvalue weighted by Gasteiger charge is 2.13. The third-order valence-corrected chi connectivity index (χ3v) is 3.74. The lowest BCUT2D eigenvalue weighted by Gasteiger charge is -2.07. The van der Waals surface area contributed by atoms with Gasteiger partial charge in [0.2, 0.25) is 0 Å². The highest BCUT2D eigenvalue weighted by molar-refractivity contribution is 7.90. The van der Waals surface area contributed by atoms with Gasteiger partial charge in [-0.05, 0) is 36.8 Å². The van der Waals surface area contributed by atoms with Crippen molar-refractivity contribution >= 4 is 21.4 Å². The van der Waals surface area contributed by atoms with Crippen LogP contribution in [0.3, 0.4) is 0 Å². The SMILES string of the molecule is Cc1ccc(C(=O)Nc2ccc(S(C)(=O)=O)nc2)c(F)c1.